The standard InChI is InChI=1S/C23H25N/c1-2-3-4-18-5-9-20(10-6-18)22-13-15-23(16-14-22)21-11-7-19(17-24)8-12-21/h2,7-8,11-16,18,20H,1,3-6,9-10H2/t18-,20-. The summed E-state index contributed by atoms with van der Waals surface area (Å²) in [6.45, 7) is 3.83. The van der Waals surface area contributed by atoms with E-state index in [1.54, 1.807) is 0 Å². The van der Waals surface area contributed by atoms with Crippen LogP contribution in [-0.2, 0) is 0 Å². The van der Waals surface area contributed by atoms with Crippen LogP contribution < -0.4 is 0 Å². The van der Waals surface area contributed by atoms with Gasteiger partial charge in [0.25, 0.3) is 0 Å². The average Bonchev–Trinajstić information content (AvgIpc) is 2.67. The predicted molar refractivity (Wildman–Crippen MR) is 101 cm³/mol. The number of nitrogens with zero attached hydrogens (tertiary/aromatic N) is 1. The van der Waals surface area contributed by atoms with Crippen molar-refractivity contribution in [1.29, 1.82) is 5.26 Å². The summed E-state index contributed by atoms with van der Waals surface area (Å²) in [5.41, 5.74) is 4.59. The van der Waals surface area contributed by atoms with Crippen LogP contribution in [0.15, 0.2) is 61.2 Å². The topological polar surface area (TPSA) is 23.8 Å². The van der Waals surface area contributed by atoms with Crippen LogP contribution in [0.25, 0.3) is 11.1 Å². The highest BCUT2D eigenvalue weighted by atomic mass is 14.3. The van der Waals surface area contributed by atoms with E-state index in [-0.39, 0.29) is 0 Å². The Labute approximate surface area is 145 Å². The number of hydrogen-bond donors (Lipinski definition) is 0. The molecule has 0 unspecified atom stereocenters. The molecule has 0 radical (unpaired) electrons. The molecule has 1 fully saturated rings. The minimum atomic E-state index is 0.712. The lowest BCUT2D eigenvalue weighted by molar-refractivity contribution is 0.312. The molecule has 2 aromatic rings. The van der Waals surface area contributed by atoms with Crippen LogP contribution >= 0.6 is 0 Å². The van der Waals surface area contributed by atoms with Crippen molar-refractivity contribution >= 4 is 0 Å². The van der Waals surface area contributed by atoms with Gasteiger partial charge in [0.05, 0.1) is 11.6 Å². The van der Waals surface area contributed by atoms with Gasteiger partial charge in [0.15, 0.2) is 0 Å². The fraction of sp³-hybridized carbons (Fsp3) is 0.348. The Morgan fingerprint density at radius 1 is 0.917 bits per heavy atom. The van der Waals surface area contributed by atoms with Crippen molar-refractivity contribution in [2.75, 3.05) is 0 Å². The van der Waals surface area contributed by atoms with Gasteiger partial charge in [0, 0.05) is 0 Å². The maximum atomic E-state index is 8.89. The smallest absolute Gasteiger partial charge is 0.0991 e. The number of benzene rings is 2. The molecular weight excluding hydrogens is 290 g/mol. The second kappa shape index (κ2) is 7.97. The van der Waals surface area contributed by atoms with Crippen LogP contribution in [-0.4, -0.2) is 0 Å². The molecule has 0 atom stereocenters. The maximum Gasteiger partial charge on any atom is 0.0991 e. The number of hydrogen-bond acceptors (Lipinski definition) is 1. The first kappa shape index (κ1) is 16.5. The Morgan fingerprint density at radius 2 is 1.50 bits per heavy atom. The minimum absolute atomic E-state index is 0.712. The Balaban J connectivity index is 1.62. The first-order valence-corrected chi connectivity index (χ1v) is 9.01. The van der Waals surface area contributed by atoms with Crippen molar-refractivity contribution in [1.82, 2.24) is 0 Å². The van der Waals surface area contributed by atoms with Crippen LogP contribution in [0.3, 0.4) is 0 Å². The van der Waals surface area contributed by atoms with Gasteiger partial charge in [-0.25, -0.2) is 0 Å². The Kier molecular flexibility index (Phi) is 5.49. The van der Waals surface area contributed by atoms with E-state index in [9.17, 15) is 0 Å². The van der Waals surface area contributed by atoms with Gasteiger partial charge in [0.2, 0.25) is 0 Å². The van der Waals surface area contributed by atoms with E-state index in [1.807, 2.05) is 30.3 Å². The summed E-state index contributed by atoms with van der Waals surface area (Å²) in [7, 11) is 0. The highest BCUT2D eigenvalue weighted by Crippen LogP contribution is 2.38. The first-order valence-electron chi connectivity index (χ1n) is 9.01. The zero-order valence-corrected chi connectivity index (χ0v) is 14.2. The Bertz CT molecular complexity index is 695. The van der Waals surface area contributed by atoms with Crippen molar-refractivity contribution in [3.8, 4) is 17.2 Å². The molecule has 0 N–H and O–H groups in total. The van der Waals surface area contributed by atoms with E-state index < -0.39 is 0 Å². The molecule has 1 heteroatoms. The number of rotatable bonds is 5. The summed E-state index contributed by atoms with van der Waals surface area (Å²) in [5.74, 6) is 1.62. The van der Waals surface area contributed by atoms with Gasteiger partial charge >= 0.3 is 0 Å². The third-order valence-electron chi connectivity index (χ3n) is 5.36. The van der Waals surface area contributed by atoms with Gasteiger partial charge in [-0.1, -0.05) is 42.5 Å². The van der Waals surface area contributed by atoms with Crippen molar-refractivity contribution in [3.05, 3.63) is 72.3 Å². The monoisotopic (exact) mass is 315 g/mol. The van der Waals surface area contributed by atoms with Crippen molar-refractivity contribution in [2.45, 2.75) is 44.4 Å². The maximum absolute atomic E-state index is 8.89. The average molecular weight is 315 g/mol. The second-order valence-electron chi connectivity index (χ2n) is 6.89. The molecule has 1 nitrogen and oxygen atoms in total. The molecule has 2 aromatic carbocycles. The third kappa shape index (κ3) is 3.95. The largest absolute Gasteiger partial charge is 0.192 e. The van der Waals surface area contributed by atoms with E-state index in [4.69, 9.17) is 5.26 Å². The molecule has 122 valence electrons. The predicted octanol–water partition coefficient (Wildman–Crippen LogP) is 6.47. The lowest BCUT2D eigenvalue weighted by atomic mass is 9.77. The van der Waals surface area contributed by atoms with Crippen molar-refractivity contribution in [3.63, 3.8) is 0 Å². The first-order chi connectivity index (χ1) is 11.8. The summed E-state index contributed by atoms with van der Waals surface area (Å²) < 4.78 is 0. The summed E-state index contributed by atoms with van der Waals surface area (Å²) >= 11 is 0. The molecule has 0 aliphatic heterocycles. The SMILES string of the molecule is C=CCC[C@H]1CC[C@H](c2ccc(-c3ccc(C#N)cc3)cc2)CC1. The molecule has 1 saturated carbocycles. The van der Waals surface area contributed by atoms with Gasteiger partial charge in [-0.15, -0.1) is 6.58 Å². The molecule has 0 spiro atoms. The lowest BCUT2D eigenvalue weighted by Gasteiger charge is -2.28. The van der Waals surface area contributed by atoms with Gasteiger partial charge < -0.3 is 0 Å². The molecule has 24 heavy (non-hydrogen) atoms. The van der Waals surface area contributed by atoms with Crippen LogP contribution in [0.1, 0.15) is 55.6 Å². The minimum Gasteiger partial charge on any atom is -0.192 e. The summed E-state index contributed by atoms with van der Waals surface area (Å²) in [4.78, 5) is 0. The van der Waals surface area contributed by atoms with Gasteiger partial charge in [-0.05, 0) is 79.2 Å². The van der Waals surface area contributed by atoms with Crippen molar-refractivity contribution < 1.29 is 0 Å². The van der Waals surface area contributed by atoms with E-state index in [0.29, 0.717) is 5.56 Å². The molecule has 0 saturated heterocycles. The van der Waals surface area contributed by atoms with E-state index in [0.717, 1.165) is 18.3 Å². The quantitative estimate of drug-likeness (QED) is 0.580. The third-order valence-corrected chi connectivity index (χ3v) is 5.36. The highest BCUT2D eigenvalue weighted by Gasteiger charge is 2.21. The molecule has 3 rings (SSSR count). The Hall–Kier alpha value is -2.33. The van der Waals surface area contributed by atoms with E-state index >= 15 is 0 Å². The van der Waals surface area contributed by atoms with Crippen LogP contribution in [0.2, 0.25) is 0 Å². The molecule has 0 heterocycles. The molecular formula is C23H25N. The van der Waals surface area contributed by atoms with Gasteiger partial charge in [-0.3, -0.25) is 0 Å². The molecule has 0 amide bonds. The fourth-order valence-electron chi connectivity index (χ4n) is 3.82. The fourth-order valence-corrected chi connectivity index (χ4v) is 3.82. The Morgan fingerprint density at radius 3 is 2.04 bits per heavy atom. The second-order valence-corrected chi connectivity index (χ2v) is 6.89. The van der Waals surface area contributed by atoms with Gasteiger partial charge in [-0.2, -0.15) is 5.26 Å². The summed E-state index contributed by atoms with van der Waals surface area (Å²) in [6, 6.07) is 19.0. The zero-order valence-electron chi connectivity index (χ0n) is 14.2. The number of allylic oxidation sites excluding steroid dienone is 1. The lowest BCUT2D eigenvalue weighted by Crippen LogP contribution is -2.13. The summed E-state index contributed by atoms with van der Waals surface area (Å²) in [5, 5.41) is 8.89. The molecule has 0 bridgehead atoms. The normalized spacial score (nSPS) is 20.3. The highest BCUT2D eigenvalue weighted by molar-refractivity contribution is 5.64. The summed E-state index contributed by atoms with van der Waals surface area (Å²) in [6.07, 6.45) is 9.87. The zero-order chi connectivity index (χ0) is 16.8. The van der Waals surface area contributed by atoms with Crippen LogP contribution in [0.4, 0.5) is 0 Å². The molecule has 1 aliphatic rings. The van der Waals surface area contributed by atoms with E-state index in [1.165, 1.54) is 48.8 Å². The van der Waals surface area contributed by atoms with Crippen LogP contribution in [0.5, 0.6) is 0 Å². The van der Waals surface area contributed by atoms with Crippen LogP contribution in [0, 0.1) is 17.2 Å². The number of nitriles is 1. The molecule has 1 aliphatic carbocycles. The van der Waals surface area contributed by atoms with Crippen molar-refractivity contribution in [2.24, 2.45) is 5.92 Å². The van der Waals surface area contributed by atoms with E-state index in [2.05, 4.69) is 36.9 Å². The molecule has 0 aromatic heterocycles. The van der Waals surface area contributed by atoms with Gasteiger partial charge in [0.1, 0.15) is 0 Å².